The van der Waals surface area contributed by atoms with Crippen molar-refractivity contribution in [2.45, 2.75) is 33.1 Å². The van der Waals surface area contributed by atoms with E-state index < -0.39 is 0 Å². The molecule has 78 valence electrons. The van der Waals surface area contributed by atoms with Gasteiger partial charge in [0.15, 0.2) is 0 Å². The Labute approximate surface area is 90.3 Å². The Morgan fingerprint density at radius 3 is 2.57 bits per heavy atom. The molecule has 0 aliphatic heterocycles. The molecular weight excluding hydrogens is 198 g/mol. The van der Waals surface area contributed by atoms with Crippen molar-refractivity contribution < 1.29 is 4.74 Å². The summed E-state index contributed by atoms with van der Waals surface area (Å²) in [6, 6.07) is 1.79. The molecule has 0 bridgehead atoms. The predicted octanol–water partition coefficient (Wildman–Crippen LogP) is 3.43. The summed E-state index contributed by atoms with van der Waals surface area (Å²) in [6.07, 6.45) is 1.73. The smallest absolute Gasteiger partial charge is 0.141 e. The summed E-state index contributed by atoms with van der Waals surface area (Å²) in [6.45, 7) is 8.80. The van der Waals surface area contributed by atoms with Crippen LogP contribution in [-0.2, 0) is 5.41 Å². The molecule has 1 aromatic rings. The van der Waals surface area contributed by atoms with Crippen molar-refractivity contribution in [3.05, 3.63) is 23.0 Å². The highest BCUT2D eigenvalue weighted by molar-refractivity contribution is 6.32. The topological polar surface area (TPSA) is 22.1 Å². The largest absolute Gasteiger partial charge is 0.492 e. The van der Waals surface area contributed by atoms with E-state index in [9.17, 15) is 0 Å². The fourth-order valence-corrected chi connectivity index (χ4v) is 1.67. The summed E-state index contributed by atoms with van der Waals surface area (Å²) in [5.74, 6) is 0.717. The summed E-state index contributed by atoms with van der Waals surface area (Å²) < 4.78 is 5.40. The molecule has 0 aromatic carbocycles. The van der Waals surface area contributed by atoms with Crippen molar-refractivity contribution in [3.8, 4) is 5.75 Å². The Hall–Kier alpha value is -0.760. The van der Waals surface area contributed by atoms with E-state index in [-0.39, 0.29) is 5.41 Å². The van der Waals surface area contributed by atoms with Gasteiger partial charge in [0.05, 0.1) is 12.3 Å². The van der Waals surface area contributed by atoms with Gasteiger partial charge in [0.2, 0.25) is 0 Å². The zero-order chi connectivity index (χ0) is 10.8. The van der Waals surface area contributed by atoms with Crippen LogP contribution >= 0.6 is 11.6 Å². The van der Waals surface area contributed by atoms with Crippen molar-refractivity contribution in [3.63, 3.8) is 0 Å². The van der Waals surface area contributed by atoms with Crippen LogP contribution in [0.1, 0.15) is 33.4 Å². The van der Waals surface area contributed by atoms with Crippen LogP contribution in [0, 0.1) is 0 Å². The van der Waals surface area contributed by atoms with E-state index in [1.807, 2.05) is 6.92 Å². The van der Waals surface area contributed by atoms with Crippen molar-refractivity contribution in [1.82, 2.24) is 4.98 Å². The molecule has 0 saturated heterocycles. The van der Waals surface area contributed by atoms with Gasteiger partial charge in [-0.25, -0.2) is 0 Å². The highest BCUT2D eigenvalue weighted by Crippen LogP contribution is 2.33. The van der Waals surface area contributed by atoms with Gasteiger partial charge in [-0.2, -0.15) is 0 Å². The quantitative estimate of drug-likeness (QED) is 0.751. The van der Waals surface area contributed by atoms with E-state index in [1.54, 1.807) is 12.3 Å². The Bertz CT molecular complexity index is 318. The standard InChI is InChI=1S/C11H16ClNO/c1-5-14-8-6-7-13-10(9(8)12)11(2,3)4/h6-7H,5H2,1-4H3. The molecule has 14 heavy (non-hydrogen) atoms. The van der Waals surface area contributed by atoms with Gasteiger partial charge in [-0.3, -0.25) is 4.98 Å². The lowest BCUT2D eigenvalue weighted by atomic mass is 9.91. The molecule has 2 nitrogen and oxygen atoms in total. The molecule has 0 N–H and O–H groups in total. The average Bonchev–Trinajstić information content (AvgIpc) is 2.07. The first-order chi connectivity index (χ1) is 6.46. The fourth-order valence-electron chi connectivity index (χ4n) is 1.22. The van der Waals surface area contributed by atoms with Crippen LogP contribution < -0.4 is 4.74 Å². The van der Waals surface area contributed by atoms with Crippen LogP contribution in [-0.4, -0.2) is 11.6 Å². The van der Waals surface area contributed by atoms with Crippen LogP contribution in [0.4, 0.5) is 0 Å². The fraction of sp³-hybridized carbons (Fsp3) is 0.545. The molecule has 1 heterocycles. The Morgan fingerprint density at radius 2 is 2.07 bits per heavy atom. The second-order valence-corrected chi connectivity index (χ2v) is 4.53. The third-order valence-electron chi connectivity index (χ3n) is 1.86. The molecule has 0 fully saturated rings. The van der Waals surface area contributed by atoms with E-state index in [0.717, 1.165) is 5.69 Å². The number of aromatic nitrogens is 1. The lowest BCUT2D eigenvalue weighted by Gasteiger charge is -2.20. The van der Waals surface area contributed by atoms with Gasteiger partial charge in [0.25, 0.3) is 0 Å². The molecule has 3 heteroatoms. The van der Waals surface area contributed by atoms with Crippen molar-refractivity contribution in [1.29, 1.82) is 0 Å². The number of rotatable bonds is 2. The SMILES string of the molecule is CCOc1ccnc(C(C)(C)C)c1Cl. The minimum absolute atomic E-state index is 0.0514. The summed E-state index contributed by atoms with van der Waals surface area (Å²) in [7, 11) is 0. The minimum Gasteiger partial charge on any atom is -0.492 e. The van der Waals surface area contributed by atoms with E-state index in [1.165, 1.54) is 0 Å². The zero-order valence-electron chi connectivity index (χ0n) is 9.10. The van der Waals surface area contributed by atoms with Crippen LogP contribution in [0.2, 0.25) is 5.02 Å². The van der Waals surface area contributed by atoms with Crippen LogP contribution in [0.3, 0.4) is 0 Å². The number of hydrogen-bond donors (Lipinski definition) is 0. The monoisotopic (exact) mass is 213 g/mol. The third-order valence-corrected chi connectivity index (χ3v) is 2.23. The van der Waals surface area contributed by atoms with Gasteiger partial charge >= 0.3 is 0 Å². The highest BCUT2D eigenvalue weighted by Gasteiger charge is 2.21. The van der Waals surface area contributed by atoms with Gasteiger partial charge in [-0.15, -0.1) is 0 Å². The van der Waals surface area contributed by atoms with E-state index in [0.29, 0.717) is 17.4 Å². The highest BCUT2D eigenvalue weighted by atomic mass is 35.5. The number of halogens is 1. The number of ether oxygens (including phenoxy) is 1. The molecule has 0 aliphatic rings. The molecule has 0 aliphatic carbocycles. The zero-order valence-corrected chi connectivity index (χ0v) is 9.85. The summed E-state index contributed by atoms with van der Waals surface area (Å²) in [5, 5.41) is 0.627. The maximum Gasteiger partial charge on any atom is 0.141 e. The summed E-state index contributed by atoms with van der Waals surface area (Å²) in [4.78, 5) is 4.28. The van der Waals surface area contributed by atoms with Crippen molar-refractivity contribution in [2.24, 2.45) is 0 Å². The lowest BCUT2D eigenvalue weighted by Crippen LogP contribution is -2.14. The normalized spacial score (nSPS) is 11.5. The number of nitrogens with zero attached hydrogens (tertiary/aromatic N) is 1. The molecule has 0 atom stereocenters. The van der Waals surface area contributed by atoms with E-state index >= 15 is 0 Å². The first-order valence-electron chi connectivity index (χ1n) is 4.74. The second-order valence-electron chi connectivity index (χ2n) is 4.15. The Balaban J connectivity index is 3.14. The van der Waals surface area contributed by atoms with Gasteiger partial charge in [0.1, 0.15) is 10.8 Å². The molecule has 0 unspecified atom stereocenters. The predicted molar refractivity (Wildman–Crippen MR) is 59.1 cm³/mol. The molecule has 0 amide bonds. The molecular formula is C11H16ClNO. The first kappa shape index (κ1) is 11.3. The second kappa shape index (κ2) is 4.18. The van der Waals surface area contributed by atoms with E-state index in [2.05, 4.69) is 25.8 Å². The van der Waals surface area contributed by atoms with Crippen LogP contribution in [0.15, 0.2) is 12.3 Å². The Morgan fingerprint density at radius 1 is 1.43 bits per heavy atom. The van der Waals surface area contributed by atoms with Gasteiger partial charge < -0.3 is 4.74 Å². The van der Waals surface area contributed by atoms with Gasteiger partial charge in [-0.05, 0) is 6.92 Å². The summed E-state index contributed by atoms with van der Waals surface area (Å²) in [5.41, 5.74) is 0.828. The molecule has 0 saturated carbocycles. The van der Waals surface area contributed by atoms with Crippen molar-refractivity contribution in [2.75, 3.05) is 6.61 Å². The lowest BCUT2D eigenvalue weighted by molar-refractivity contribution is 0.338. The van der Waals surface area contributed by atoms with Gasteiger partial charge in [-0.1, -0.05) is 32.4 Å². The summed E-state index contributed by atoms with van der Waals surface area (Å²) >= 11 is 6.18. The molecule has 1 aromatic heterocycles. The van der Waals surface area contributed by atoms with Crippen molar-refractivity contribution >= 4 is 11.6 Å². The molecule has 0 spiro atoms. The van der Waals surface area contributed by atoms with Crippen LogP contribution in [0.25, 0.3) is 0 Å². The maximum atomic E-state index is 6.18. The van der Waals surface area contributed by atoms with Crippen LogP contribution in [0.5, 0.6) is 5.75 Å². The molecule has 0 radical (unpaired) electrons. The molecule has 1 rings (SSSR count). The average molecular weight is 214 g/mol. The first-order valence-corrected chi connectivity index (χ1v) is 5.12. The van der Waals surface area contributed by atoms with E-state index in [4.69, 9.17) is 16.3 Å². The number of hydrogen-bond acceptors (Lipinski definition) is 2. The Kier molecular flexibility index (Phi) is 3.38. The maximum absolute atomic E-state index is 6.18. The number of pyridine rings is 1. The van der Waals surface area contributed by atoms with Gasteiger partial charge in [0, 0.05) is 17.7 Å². The third kappa shape index (κ3) is 2.38. The minimum atomic E-state index is -0.0514.